The lowest BCUT2D eigenvalue weighted by molar-refractivity contribution is 1.29. The Labute approximate surface area is 343 Å². The predicted octanol–water partition coefficient (Wildman–Crippen LogP) is 15.2. The average Bonchev–Trinajstić information content (AvgIpc) is 3.32. The molecule has 11 rings (SSSR count). The summed E-state index contributed by atoms with van der Waals surface area (Å²) in [5.41, 5.74) is 13.8. The molecule has 0 amide bonds. The van der Waals surface area contributed by atoms with E-state index in [1.54, 1.807) is 0 Å². The van der Waals surface area contributed by atoms with Crippen LogP contribution in [-0.4, -0.2) is 9.97 Å². The number of hydrogen-bond donors (Lipinski definition) is 0. The maximum absolute atomic E-state index is 5.46. The van der Waals surface area contributed by atoms with Crippen molar-refractivity contribution in [1.29, 1.82) is 0 Å². The first-order chi connectivity index (χ1) is 29.3. The van der Waals surface area contributed by atoms with Crippen LogP contribution in [0.4, 0.5) is 17.1 Å². The quantitative estimate of drug-likeness (QED) is 0.152. The van der Waals surface area contributed by atoms with Crippen molar-refractivity contribution in [3.05, 3.63) is 224 Å². The molecule has 0 saturated carbocycles. The van der Waals surface area contributed by atoms with Gasteiger partial charge in [-0.2, -0.15) is 0 Å². The van der Waals surface area contributed by atoms with Crippen LogP contribution in [0.1, 0.15) is 0 Å². The fourth-order valence-electron chi connectivity index (χ4n) is 8.64. The van der Waals surface area contributed by atoms with Crippen LogP contribution in [0.15, 0.2) is 224 Å². The lowest BCUT2D eigenvalue weighted by Crippen LogP contribution is -2.09. The van der Waals surface area contributed by atoms with Crippen LogP contribution in [0, 0.1) is 0 Å². The van der Waals surface area contributed by atoms with Gasteiger partial charge < -0.3 is 4.90 Å². The third-order valence-corrected chi connectivity index (χ3v) is 11.4. The third kappa shape index (κ3) is 6.17. The van der Waals surface area contributed by atoms with Gasteiger partial charge >= 0.3 is 0 Å². The van der Waals surface area contributed by atoms with Gasteiger partial charge in [0.05, 0.1) is 22.4 Å². The second kappa shape index (κ2) is 14.6. The van der Waals surface area contributed by atoms with Crippen LogP contribution in [0.5, 0.6) is 0 Å². The van der Waals surface area contributed by atoms with E-state index in [1.807, 2.05) is 0 Å². The highest BCUT2D eigenvalue weighted by atomic mass is 15.1. The minimum Gasteiger partial charge on any atom is -0.310 e. The Morgan fingerprint density at radius 2 is 0.847 bits per heavy atom. The van der Waals surface area contributed by atoms with E-state index in [0.717, 1.165) is 77.9 Å². The van der Waals surface area contributed by atoms with Crippen LogP contribution in [0.25, 0.3) is 88.1 Å². The first kappa shape index (κ1) is 34.4. The van der Waals surface area contributed by atoms with E-state index in [4.69, 9.17) is 9.97 Å². The summed E-state index contributed by atoms with van der Waals surface area (Å²) in [5.74, 6) is 0. The molecule has 2 aromatic heterocycles. The second-order valence-corrected chi connectivity index (χ2v) is 14.9. The molecule has 276 valence electrons. The summed E-state index contributed by atoms with van der Waals surface area (Å²) >= 11 is 0. The number of anilines is 3. The van der Waals surface area contributed by atoms with Gasteiger partial charge in [-0.1, -0.05) is 170 Å². The zero-order valence-corrected chi connectivity index (χ0v) is 32.2. The number of nitrogens with zero attached hydrogens (tertiary/aromatic N) is 3. The van der Waals surface area contributed by atoms with E-state index >= 15 is 0 Å². The number of rotatable bonds is 7. The normalized spacial score (nSPS) is 11.4. The Kier molecular flexibility index (Phi) is 8.49. The SMILES string of the molecule is c1ccc(-c2ccc(-c3cc(-c4ccccc4-c4nc5ccccc5c5c4ccc4ccc(N(c6ccccc6)c6ccccc6)cc45)nc4ccccc34)cc2)cc1. The minimum atomic E-state index is 0.911. The molecule has 0 aliphatic rings. The lowest BCUT2D eigenvalue weighted by atomic mass is 9.91. The Balaban J connectivity index is 1.12. The second-order valence-electron chi connectivity index (χ2n) is 14.9. The molecule has 3 nitrogen and oxygen atoms in total. The van der Waals surface area contributed by atoms with Gasteiger partial charge in [0.25, 0.3) is 0 Å². The molecular weight excluding hydrogens is 715 g/mol. The molecular formula is C56H37N3. The van der Waals surface area contributed by atoms with Crippen molar-refractivity contribution in [2.45, 2.75) is 0 Å². The van der Waals surface area contributed by atoms with Crippen LogP contribution in [0.3, 0.4) is 0 Å². The molecule has 0 unspecified atom stereocenters. The summed E-state index contributed by atoms with van der Waals surface area (Å²) in [7, 11) is 0. The van der Waals surface area contributed by atoms with Crippen LogP contribution in [-0.2, 0) is 0 Å². The molecule has 59 heavy (non-hydrogen) atoms. The van der Waals surface area contributed by atoms with Crippen molar-refractivity contribution >= 4 is 60.4 Å². The van der Waals surface area contributed by atoms with Crippen molar-refractivity contribution in [2.24, 2.45) is 0 Å². The van der Waals surface area contributed by atoms with E-state index in [9.17, 15) is 0 Å². The largest absolute Gasteiger partial charge is 0.310 e. The van der Waals surface area contributed by atoms with E-state index in [1.165, 1.54) is 27.3 Å². The maximum Gasteiger partial charge on any atom is 0.0795 e. The standard InChI is InChI=1S/C56H37N3/c1-4-16-38(17-5-1)39-28-30-40(31-29-39)50-37-54(57-52-26-14-12-23-46(50)52)45-22-10-11-24-47(45)56-49-35-33-41-32-34-44(36-51(41)55(49)48-25-13-15-27-53(48)58-56)59(42-18-6-2-7-19-42)43-20-8-3-9-21-43/h1-37H. The summed E-state index contributed by atoms with van der Waals surface area (Å²) in [5, 5.41) is 6.90. The van der Waals surface area contributed by atoms with E-state index < -0.39 is 0 Å². The molecule has 11 aromatic rings. The van der Waals surface area contributed by atoms with Gasteiger partial charge in [0.2, 0.25) is 0 Å². The average molecular weight is 752 g/mol. The molecule has 0 aliphatic carbocycles. The molecule has 0 radical (unpaired) electrons. The molecule has 0 bridgehead atoms. The zero-order valence-electron chi connectivity index (χ0n) is 32.2. The van der Waals surface area contributed by atoms with Gasteiger partial charge in [0.15, 0.2) is 0 Å². The van der Waals surface area contributed by atoms with Gasteiger partial charge in [0.1, 0.15) is 0 Å². The van der Waals surface area contributed by atoms with Crippen LogP contribution in [0.2, 0.25) is 0 Å². The van der Waals surface area contributed by atoms with E-state index in [-0.39, 0.29) is 0 Å². The number of aromatic nitrogens is 2. The predicted molar refractivity (Wildman–Crippen MR) is 248 cm³/mol. The number of pyridine rings is 2. The van der Waals surface area contributed by atoms with Crippen molar-refractivity contribution in [2.75, 3.05) is 4.90 Å². The first-order valence-electron chi connectivity index (χ1n) is 20.1. The maximum atomic E-state index is 5.46. The zero-order chi connectivity index (χ0) is 39.1. The highest BCUT2D eigenvalue weighted by Crippen LogP contribution is 2.43. The molecule has 9 aromatic carbocycles. The third-order valence-electron chi connectivity index (χ3n) is 11.4. The summed E-state index contributed by atoms with van der Waals surface area (Å²) < 4.78 is 0. The van der Waals surface area contributed by atoms with Crippen LogP contribution >= 0.6 is 0 Å². The molecule has 0 saturated heterocycles. The molecule has 0 atom stereocenters. The summed E-state index contributed by atoms with van der Waals surface area (Å²) in [6.07, 6.45) is 0. The van der Waals surface area contributed by atoms with Crippen LogP contribution < -0.4 is 4.90 Å². The monoisotopic (exact) mass is 751 g/mol. The highest BCUT2D eigenvalue weighted by molar-refractivity contribution is 6.23. The molecule has 0 N–H and O–H groups in total. The van der Waals surface area contributed by atoms with Gasteiger partial charge in [0, 0.05) is 49.7 Å². The minimum absolute atomic E-state index is 0.911. The summed E-state index contributed by atoms with van der Waals surface area (Å²) in [4.78, 5) is 13.1. The smallest absolute Gasteiger partial charge is 0.0795 e. The Bertz CT molecular complexity index is 3270. The molecule has 0 fully saturated rings. The van der Waals surface area contributed by atoms with Crippen molar-refractivity contribution < 1.29 is 0 Å². The fraction of sp³-hybridized carbons (Fsp3) is 0. The Morgan fingerprint density at radius 3 is 1.56 bits per heavy atom. The van der Waals surface area contributed by atoms with Gasteiger partial charge in [-0.25, -0.2) is 9.97 Å². The number of benzene rings is 9. The molecule has 2 heterocycles. The van der Waals surface area contributed by atoms with Crippen molar-refractivity contribution in [1.82, 2.24) is 9.97 Å². The van der Waals surface area contributed by atoms with Gasteiger partial charge in [-0.05, 0) is 87.6 Å². The Hall–Kier alpha value is -7.88. The van der Waals surface area contributed by atoms with E-state index in [2.05, 4.69) is 229 Å². The fourth-order valence-corrected chi connectivity index (χ4v) is 8.64. The van der Waals surface area contributed by atoms with Gasteiger partial charge in [-0.15, -0.1) is 0 Å². The Morgan fingerprint density at radius 1 is 0.305 bits per heavy atom. The lowest BCUT2D eigenvalue weighted by Gasteiger charge is -2.26. The number of fused-ring (bicyclic) bond motifs is 6. The molecule has 0 spiro atoms. The summed E-state index contributed by atoms with van der Waals surface area (Å²) in [6, 6.07) is 79.8. The molecule has 0 aliphatic heterocycles. The highest BCUT2D eigenvalue weighted by Gasteiger charge is 2.20. The first-order valence-corrected chi connectivity index (χ1v) is 20.1. The van der Waals surface area contributed by atoms with Gasteiger partial charge in [-0.3, -0.25) is 0 Å². The summed E-state index contributed by atoms with van der Waals surface area (Å²) in [6.45, 7) is 0. The number of hydrogen-bond acceptors (Lipinski definition) is 3. The topological polar surface area (TPSA) is 29.0 Å². The number of para-hydroxylation sites is 4. The van der Waals surface area contributed by atoms with Crippen molar-refractivity contribution in [3.8, 4) is 44.8 Å². The molecule has 3 heteroatoms. The van der Waals surface area contributed by atoms with Crippen molar-refractivity contribution in [3.63, 3.8) is 0 Å². The van der Waals surface area contributed by atoms with E-state index in [0.29, 0.717) is 0 Å².